The maximum absolute atomic E-state index is 12.1. The molecular formula is C11H10BrClN2O5S. The van der Waals surface area contributed by atoms with Crippen molar-refractivity contribution in [3.05, 3.63) is 32.3 Å². The fraction of sp³-hybridized carbons (Fsp3) is 0.364. The van der Waals surface area contributed by atoms with E-state index in [4.69, 9.17) is 10.7 Å². The van der Waals surface area contributed by atoms with Crippen LogP contribution in [0.4, 0.5) is 5.69 Å². The summed E-state index contributed by atoms with van der Waals surface area (Å²) in [7, 11) is 1.02. The molecule has 1 fully saturated rings. The van der Waals surface area contributed by atoms with Gasteiger partial charge in [-0.1, -0.05) is 6.92 Å². The Balaban J connectivity index is 2.51. The SMILES string of the molecule is CC1CC1NC(=O)c1cc([N+](=O)[O-])cc(S(=O)(=O)Cl)c1Br. The summed E-state index contributed by atoms with van der Waals surface area (Å²) in [4.78, 5) is 21.7. The molecule has 0 radical (unpaired) electrons. The summed E-state index contributed by atoms with van der Waals surface area (Å²) < 4.78 is 22.9. The van der Waals surface area contributed by atoms with Crippen molar-refractivity contribution >= 4 is 47.3 Å². The molecule has 21 heavy (non-hydrogen) atoms. The average Bonchev–Trinajstić information content (AvgIpc) is 3.02. The molecule has 1 amide bonds. The number of carbonyl (C=O) groups excluding carboxylic acids is 1. The van der Waals surface area contributed by atoms with Gasteiger partial charge in [0.15, 0.2) is 0 Å². The summed E-state index contributed by atoms with van der Waals surface area (Å²) in [6.45, 7) is 1.95. The lowest BCUT2D eigenvalue weighted by Gasteiger charge is -2.09. The number of rotatable bonds is 4. The van der Waals surface area contributed by atoms with Crippen molar-refractivity contribution in [3.8, 4) is 0 Å². The normalized spacial score (nSPS) is 20.9. The van der Waals surface area contributed by atoms with Gasteiger partial charge in [0.25, 0.3) is 20.6 Å². The lowest BCUT2D eigenvalue weighted by molar-refractivity contribution is -0.385. The van der Waals surface area contributed by atoms with E-state index in [2.05, 4.69) is 21.2 Å². The lowest BCUT2D eigenvalue weighted by atomic mass is 10.2. The molecule has 2 atom stereocenters. The summed E-state index contributed by atoms with van der Waals surface area (Å²) in [6.07, 6.45) is 0.818. The van der Waals surface area contributed by atoms with Crippen LogP contribution in [0.25, 0.3) is 0 Å². The van der Waals surface area contributed by atoms with E-state index < -0.39 is 30.5 Å². The molecule has 0 bridgehead atoms. The standard InChI is InChI=1S/C11H10BrClN2O5S/c1-5-2-8(5)14-11(16)7-3-6(15(17)18)4-9(10(7)12)21(13,19)20/h3-5,8H,2H2,1H3,(H,14,16). The third kappa shape index (κ3) is 3.53. The number of non-ortho nitro benzene ring substituents is 1. The Morgan fingerprint density at radius 3 is 2.52 bits per heavy atom. The smallest absolute Gasteiger partial charge is 0.271 e. The second-order valence-electron chi connectivity index (χ2n) is 4.79. The molecule has 1 saturated carbocycles. The fourth-order valence-electron chi connectivity index (χ4n) is 1.80. The molecule has 10 heteroatoms. The van der Waals surface area contributed by atoms with E-state index in [9.17, 15) is 23.3 Å². The van der Waals surface area contributed by atoms with Crippen LogP contribution >= 0.6 is 26.6 Å². The number of nitro groups is 1. The predicted molar refractivity (Wildman–Crippen MR) is 78.9 cm³/mol. The molecule has 1 aliphatic rings. The number of nitrogens with zero attached hydrogens (tertiary/aromatic N) is 1. The van der Waals surface area contributed by atoms with Crippen LogP contribution in [0.3, 0.4) is 0 Å². The summed E-state index contributed by atoms with van der Waals surface area (Å²) in [5, 5.41) is 13.5. The number of carbonyl (C=O) groups is 1. The van der Waals surface area contributed by atoms with Gasteiger partial charge >= 0.3 is 0 Å². The summed E-state index contributed by atoms with van der Waals surface area (Å²) in [5.41, 5.74) is -0.658. The second kappa shape index (κ2) is 5.54. The molecule has 7 nitrogen and oxygen atoms in total. The molecule has 0 aromatic heterocycles. The van der Waals surface area contributed by atoms with Crippen molar-refractivity contribution in [2.75, 3.05) is 0 Å². The van der Waals surface area contributed by atoms with Gasteiger partial charge in [0.1, 0.15) is 4.90 Å². The summed E-state index contributed by atoms with van der Waals surface area (Å²) >= 11 is 2.98. The Morgan fingerprint density at radius 2 is 2.10 bits per heavy atom. The molecule has 1 aromatic rings. The van der Waals surface area contributed by atoms with Gasteiger partial charge in [-0.25, -0.2) is 8.42 Å². The van der Waals surface area contributed by atoms with E-state index >= 15 is 0 Å². The maximum atomic E-state index is 12.1. The highest BCUT2D eigenvalue weighted by Gasteiger charge is 2.35. The van der Waals surface area contributed by atoms with Crippen LogP contribution in [0.1, 0.15) is 23.7 Å². The van der Waals surface area contributed by atoms with Crippen LogP contribution in [0.5, 0.6) is 0 Å². The monoisotopic (exact) mass is 396 g/mol. The molecule has 0 saturated heterocycles. The topological polar surface area (TPSA) is 106 Å². The Kier molecular flexibility index (Phi) is 4.27. The molecule has 2 unspecified atom stereocenters. The zero-order chi connectivity index (χ0) is 15.9. The molecule has 0 spiro atoms. The molecule has 0 heterocycles. The van der Waals surface area contributed by atoms with Crippen LogP contribution in [0.2, 0.25) is 0 Å². The molecule has 114 valence electrons. The van der Waals surface area contributed by atoms with Crippen LogP contribution in [-0.4, -0.2) is 25.3 Å². The summed E-state index contributed by atoms with van der Waals surface area (Å²) in [5.74, 6) is -0.246. The Bertz CT molecular complexity index is 736. The molecule has 2 rings (SSSR count). The number of hydrogen-bond acceptors (Lipinski definition) is 5. The fourth-order valence-corrected chi connectivity index (χ4v) is 4.08. The van der Waals surface area contributed by atoms with E-state index in [0.717, 1.165) is 18.6 Å². The van der Waals surface area contributed by atoms with Crippen molar-refractivity contribution < 1.29 is 18.1 Å². The predicted octanol–water partition coefficient (Wildman–Crippen LogP) is 2.42. The molecular weight excluding hydrogens is 388 g/mol. The first kappa shape index (κ1) is 16.2. The highest BCUT2D eigenvalue weighted by atomic mass is 79.9. The van der Waals surface area contributed by atoms with Crippen LogP contribution in [0, 0.1) is 16.0 Å². The number of amides is 1. The van der Waals surface area contributed by atoms with Gasteiger partial charge in [-0.2, -0.15) is 0 Å². The van der Waals surface area contributed by atoms with E-state index in [0.29, 0.717) is 5.92 Å². The molecule has 1 N–H and O–H groups in total. The third-order valence-corrected chi connectivity index (χ3v) is 5.63. The zero-order valence-corrected chi connectivity index (χ0v) is 13.8. The largest absolute Gasteiger partial charge is 0.349 e. The first-order valence-corrected chi connectivity index (χ1v) is 8.95. The van der Waals surface area contributed by atoms with Gasteiger partial charge in [0.2, 0.25) is 0 Å². The quantitative estimate of drug-likeness (QED) is 0.477. The van der Waals surface area contributed by atoms with Crippen molar-refractivity contribution in [3.63, 3.8) is 0 Å². The minimum Gasteiger partial charge on any atom is -0.349 e. The van der Waals surface area contributed by atoms with E-state index in [1.54, 1.807) is 0 Å². The lowest BCUT2D eigenvalue weighted by Crippen LogP contribution is -2.27. The highest BCUT2D eigenvalue weighted by Crippen LogP contribution is 2.34. The summed E-state index contributed by atoms with van der Waals surface area (Å²) in [6, 6.07) is 1.82. The number of benzene rings is 1. The second-order valence-corrected chi connectivity index (χ2v) is 8.12. The Labute approximate surface area is 133 Å². The first-order valence-electron chi connectivity index (χ1n) is 5.84. The average molecular weight is 398 g/mol. The Hall–Kier alpha value is -1.19. The van der Waals surface area contributed by atoms with Gasteiger partial charge in [-0.3, -0.25) is 14.9 Å². The van der Waals surface area contributed by atoms with Crippen LogP contribution in [0.15, 0.2) is 21.5 Å². The highest BCUT2D eigenvalue weighted by molar-refractivity contribution is 9.10. The van der Waals surface area contributed by atoms with Crippen molar-refractivity contribution in [1.82, 2.24) is 5.32 Å². The van der Waals surface area contributed by atoms with E-state index in [1.165, 1.54) is 0 Å². The van der Waals surface area contributed by atoms with Crippen molar-refractivity contribution in [2.45, 2.75) is 24.3 Å². The van der Waals surface area contributed by atoms with Gasteiger partial charge in [0.05, 0.1) is 15.0 Å². The zero-order valence-electron chi connectivity index (χ0n) is 10.7. The maximum Gasteiger partial charge on any atom is 0.271 e. The van der Waals surface area contributed by atoms with Crippen LogP contribution < -0.4 is 5.32 Å². The number of hydrogen-bond donors (Lipinski definition) is 1. The van der Waals surface area contributed by atoms with Gasteiger partial charge in [-0.15, -0.1) is 0 Å². The van der Waals surface area contributed by atoms with Crippen molar-refractivity contribution in [2.24, 2.45) is 5.92 Å². The van der Waals surface area contributed by atoms with Crippen molar-refractivity contribution in [1.29, 1.82) is 0 Å². The van der Waals surface area contributed by atoms with Gasteiger partial charge < -0.3 is 5.32 Å². The molecule has 0 aliphatic heterocycles. The number of halogens is 2. The van der Waals surface area contributed by atoms with E-state index in [-0.39, 0.29) is 16.1 Å². The number of nitro benzene ring substituents is 1. The van der Waals surface area contributed by atoms with E-state index in [1.807, 2.05) is 6.92 Å². The van der Waals surface area contributed by atoms with Crippen LogP contribution in [-0.2, 0) is 9.05 Å². The van der Waals surface area contributed by atoms with Gasteiger partial charge in [-0.05, 0) is 28.3 Å². The Morgan fingerprint density at radius 1 is 1.52 bits per heavy atom. The molecule has 1 aromatic carbocycles. The first-order chi connectivity index (χ1) is 9.61. The minimum atomic E-state index is -4.23. The van der Waals surface area contributed by atoms with Gasteiger partial charge in [0, 0.05) is 28.9 Å². The minimum absolute atomic E-state index is 0.000258. The number of nitrogens with one attached hydrogen (secondary N) is 1. The third-order valence-electron chi connectivity index (χ3n) is 3.17. The molecule has 1 aliphatic carbocycles.